The Morgan fingerprint density at radius 1 is 1.29 bits per heavy atom. The molecule has 0 bridgehead atoms. The van der Waals surface area contributed by atoms with E-state index >= 15 is 0 Å². The van der Waals surface area contributed by atoms with Crippen molar-refractivity contribution in [2.45, 2.75) is 31.8 Å². The second-order valence-corrected chi connectivity index (χ2v) is 4.72. The van der Waals surface area contributed by atoms with Gasteiger partial charge in [0.05, 0.1) is 6.33 Å². The molecule has 1 N–H and O–H groups in total. The van der Waals surface area contributed by atoms with Crippen molar-refractivity contribution in [1.29, 1.82) is 0 Å². The maximum absolute atomic E-state index is 4.05. The molecule has 3 nitrogen and oxygen atoms in total. The van der Waals surface area contributed by atoms with Gasteiger partial charge in [0.25, 0.3) is 0 Å². The molecule has 2 aromatic rings. The van der Waals surface area contributed by atoms with Gasteiger partial charge >= 0.3 is 0 Å². The first-order chi connectivity index (χ1) is 8.33. The molecule has 0 spiro atoms. The van der Waals surface area contributed by atoms with Crippen LogP contribution in [0.3, 0.4) is 0 Å². The van der Waals surface area contributed by atoms with Gasteiger partial charge in [0, 0.05) is 30.2 Å². The molecule has 0 amide bonds. The van der Waals surface area contributed by atoms with E-state index in [1.807, 2.05) is 17.1 Å². The van der Waals surface area contributed by atoms with Gasteiger partial charge in [-0.15, -0.1) is 0 Å². The van der Waals surface area contributed by atoms with Gasteiger partial charge in [0.15, 0.2) is 0 Å². The molecule has 1 aromatic carbocycles. The smallest absolute Gasteiger partial charge is 0.0991 e. The summed E-state index contributed by atoms with van der Waals surface area (Å²) in [5.41, 5.74) is 2.51. The largest absolute Gasteiger partial charge is 0.307 e. The summed E-state index contributed by atoms with van der Waals surface area (Å²) in [6, 6.07) is 9.85. The maximum atomic E-state index is 4.05. The van der Waals surface area contributed by atoms with E-state index < -0.39 is 0 Å². The maximum Gasteiger partial charge on any atom is 0.0991 e. The lowest BCUT2D eigenvalue weighted by Gasteiger charge is -2.14. The number of hydrogen-bond donors (Lipinski definition) is 1. The van der Waals surface area contributed by atoms with E-state index in [4.69, 9.17) is 0 Å². The summed E-state index contributed by atoms with van der Waals surface area (Å²) in [4.78, 5) is 4.05. The van der Waals surface area contributed by atoms with Crippen molar-refractivity contribution >= 4 is 0 Å². The second-order valence-electron chi connectivity index (χ2n) is 4.72. The molecule has 0 radical (unpaired) electrons. The molecule has 1 aliphatic carbocycles. The van der Waals surface area contributed by atoms with Crippen molar-refractivity contribution in [3.8, 4) is 5.69 Å². The fourth-order valence-corrected chi connectivity index (χ4v) is 2.05. The Hall–Kier alpha value is -1.61. The van der Waals surface area contributed by atoms with Gasteiger partial charge in [-0.2, -0.15) is 0 Å². The molecule has 0 saturated heterocycles. The standard InChI is InChI=1S/C14H17N3/c1-11(16-13-4-5-13)12-2-6-14(7-3-12)17-9-8-15-10-17/h2-3,6-11,13,16H,4-5H2,1H3. The van der Waals surface area contributed by atoms with Gasteiger partial charge in [0.1, 0.15) is 0 Å². The Morgan fingerprint density at radius 3 is 2.65 bits per heavy atom. The summed E-state index contributed by atoms with van der Waals surface area (Å²) >= 11 is 0. The van der Waals surface area contributed by atoms with Crippen LogP contribution in [0, 0.1) is 0 Å². The first kappa shape index (κ1) is 10.5. The summed E-state index contributed by atoms with van der Waals surface area (Å²) in [6.45, 7) is 2.23. The van der Waals surface area contributed by atoms with Crippen molar-refractivity contribution < 1.29 is 0 Å². The van der Waals surface area contributed by atoms with Gasteiger partial charge < -0.3 is 9.88 Å². The normalized spacial score (nSPS) is 17.0. The molecular formula is C14H17N3. The third-order valence-corrected chi connectivity index (χ3v) is 3.26. The molecule has 0 aliphatic heterocycles. The molecule has 1 saturated carbocycles. The molecule has 17 heavy (non-hydrogen) atoms. The molecular weight excluding hydrogens is 210 g/mol. The zero-order chi connectivity index (χ0) is 11.7. The Morgan fingerprint density at radius 2 is 2.06 bits per heavy atom. The van der Waals surface area contributed by atoms with Gasteiger partial charge in [-0.3, -0.25) is 0 Å². The molecule has 1 fully saturated rings. The van der Waals surface area contributed by atoms with Gasteiger partial charge in [-0.25, -0.2) is 4.98 Å². The first-order valence-corrected chi connectivity index (χ1v) is 6.17. The third-order valence-electron chi connectivity index (χ3n) is 3.26. The number of nitrogens with one attached hydrogen (secondary N) is 1. The van der Waals surface area contributed by atoms with E-state index in [2.05, 4.69) is 41.5 Å². The molecule has 1 unspecified atom stereocenters. The van der Waals surface area contributed by atoms with E-state index in [0.717, 1.165) is 11.7 Å². The van der Waals surface area contributed by atoms with Crippen molar-refractivity contribution in [1.82, 2.24) is 14.9 Å². The highest BCUT2D eigenvalue weighted by atomic mass is 15.0. The molecule has 1 aromatic heterocycles. The van der Waals surface area contributed by atoms with E-state index in [0.29, 0.717) is 6.04 Å². The zero-order valence-corrected chi connectivity index (χ0v) is 10.0. The number of imidazole rings is 1. The average molecular weight is 227 g/mol. The van der Waals surface area contributed by atoms with Crippen LogP contribution >= 0.6 is 0 Å². The topological polar surface area (TPSA) is 29.9 Å². The van der Waals surface area contributed by atoms with Crippen molar-refractivity contribution in [3.05, 3.63) is 48.5 Å². The van der Waals surface area contributed by atoms with E-state index in [9.17, 15) is 0 Å². The van der Waals surface area contributed by atoms with Crippen molar-refractivity contribution in [3.63, 3.8) is 0 Å². The highest BCUT2D eigenvalue weighted by Gasteiger charge is 2.23. The minimum atomic E-state index is 0.444. The van der Waals surface area contributed by atoms with Crippen LogP contribution in [0.15, 0.2) is 43.0 Å². The van der Waals surface area contributed by atoms with Crippen LogP contribution in [0.25, 0.3) is 5.69 Å². The van der Waals surface area contributed by atoms with E-state index in [1.165, 1.54) is 18.4 Å². The van der Waals surface area contributed by atoms with Crippen LogP contribution in [0.4, 0.5) is 0 Å². The SMILES string of the molecule is CC(NC1CC1)c1ccc(-n2ccnc2)cc1. The summed E-state index contributed by atoms with van der Waals surface area (Å²) in [6.07, 6.45) is 8.24. The molecule has 1 atom stereocenters. The Bertz CT molecular complexity index is 469. The Labute approximate surface area is 101 Å². The summed E-state index contributed by atoms with van der Waals surface area (Å²) < 4.78 is 2.02. The van der Waals surface area contributed by atoms with Crippen LogP contribution in [-0.4, -0.2) is 15.6 Å². The number of hydrogen-bond acceptors (Lipinski definition) is 2. The molecule has 88 valence electrons. The predicted octanol–water partition coefficient (Wildman–Crippen LogP) is 2.69. The Kier molecular flexibility index (Phi) is 2.69. The predicted molar refractivity (Wildman–Crippen MR) is 68.1 cm³/mol. The zero-order valence-electron chi connectivity index (χ0n) is 10.0. The molecule has 3 rings (SSSR count). The lowest BCUT2D eigenvalue weighted by Crippen LogP contribution is -2.20. The van der Waals surface area contributed by atoms with Gasteiger partial charge in [0.2, 0.25) is 0 Å². The monoisotopic (exact) mass is 227 g/mol. The Balaban J connectivity index is 1.75. The average Bonchev–Trinajstić information content (AvgIpc) is 3.00. The van der Waals surface area contributed by atoms with Crippen LogP contribution in [0.5, 0.6) is 0 Å². The second kappa shape index (κ2) is 4.34. The summed E-state index contributed by atoms with van der Waals surface area (Å²) in [5.74, 6) is 0. The molecule has 1 heterocycles. The quantitative estimate of drug-likeness (QED) is 0.870. The minimum absolute atomic E-state index is 0.444. The van der Waals surface area contributed by atoms with E-state index in [1.54, 1.807) is 6.20 Å². The van der Waals surface area contributed by atoms with Crippen molar-refractivity contribution in [2.75, 3.05) is 0 Å². The van der Waals surface area contributed by atoms with E-state index in [-0.39, 0.29) is 0 Å². The molecule has 1 aliphatic rings. The van der Waals surface area contributed by atoms with Crippen LogP contribution in [0.2, 0.25) is 0 Å². The lowest BCUT2D eigenvalue weighted by atomic mass is 10.1. The highest BCUT2D eigenvalue weighted by Crippen LogP contribution is 2.24. The third kappa shape index (κ3) is 2.39. The lowest BCUT2D eigenvalue weighted by molar-refractivity contribution is 0.571. The fraction of sp³-hybridized carbons (Fsp3) is 0.357. The number of rotatable bonds is 4. The van der Waals surface area contributed by atoms with Crippen LogP contribution in [0.1, 0.15) is 31.4 Å². The summed E-state index contributed by atoms with van der Waals surface area (Å²) in [5, 5.41) is 3.61. The van der Waals surface area contributed by atoms with Crippen molar-refractivity contribution in [2.24, 2.45) is 0 Å². The first-order valence-electron chi connectivity index (χ1n) is 6.17. The van der Waals surface area contributed by atoms with Gasteiger partial charge in [-0.05, 0) is 37.5 Å². The van der Waals surface area contributed by atoms with Gasteiger partial charge in [-0.1, -0.05) is 12.1 Å². The number of benzene rings is 1. The highest BCUT2D eigenvalue weighted by molar-refractivity contribution is 5.35. The fourth-order valence-electron chi connectivity index (χ4n) is 2.05. The number of nitrogens with zero attached hydrogens (tertiary/aromatic N) is 2. The summed E-state index contributed by atoms with van der Waals surface area (Å²) in [7, 11) is 0. The van der Waals surface area contributed by atoms with Crippen LogP contribution in [-0.2, 0) is 0 Å². The minimum Gasteiger partial charge on any atom is -0.307 e. The molecule has 3 heteroatoms. The number of aromatic nitrogens is 2. The van der Waals surface area contributed by atoms with Crippen LogP contribution < -0.4 is 5.32 Å².